The van der Waals surface area contributed by atoms with Crippen LogP contribution in [0.25, 0.3) is 0 Å². The molecule has 0 atom stereocenters. The Balaban J connectivity index is 1.65. The standard InChI is InChI=1S/C24H25NO5S/c1-18-7-3-5-9-21(18)25(13-14-28-22-10-6-4-8-19(22)2)31(26,27)20-11-12-23-24(17-20)30-16-15-29-23/h3-12,17H,13-16H2,1-2H3. The molecule has 0 aromatic heterocycles. The minimum absolute atomic E-state index is 0.149. The molecule has 0 radical (unpaired) electrons. The normalized spacial score (nSPS) is 13.0. The van der Waals surface area contributed by atoms with Crippen LogP contribution < -0.4 is 18.5 Å². The van der Waals surface area contributed by atoms with E-state index >= 15 is 0 Å². The Morgan fingerprint density at radius 1 is 0.871 bits per heavy atom. The molecular weight excluding hydrogens is 414 g/mol. The minimum atomic E-state index is -3.86. The zero-order valence-corrected chi connectivity index (χ0v) is 18.4. The molecule has 0 N–H and O–H groups in total. The number of nitrogens with zero attached hydrogens (tertiary/aromatic N) is 1. The van der Waals surface area contributed by atoms with E-state index in [1.807, 2.05) is 56.3 Å². The van der Waals surface area contributed by atoms with Crippen LogP contribution in [0.2, 0.25) is 0 Å². The van der Waals surface area contributed by atoms with Gasteiger partial charge < -0.3 is 14.2 Å². The monoisotopic (exact) mass is 439 g/mol. The van der Waals surface area contributed by atoms with E-state index in [9.17, 15) is 8.42 Å². The van der Waals surface area contributed by atoms with Gasteiger partial charge in [-0.3, -0.25) is 4.31 Å². The van der Waals surface area contributed by atoms with Crippen molar-refractivity contribution in [2.24, 2.45) is 0 Å². The smallest absolute Gasteiger partial charge is 0.264 e. The van der Waals surface area contributed by atoms with Gasteiger partial charge in [0.1, 0.15) is 25.6 Å². The lowest BCUT2D eigenvalue weighted by Crippen LogP contribution is -2.35. The van der Waals surface area contributed by atoms with Crippen LogP contribution in [0.3, 0.4) is 0 Å². The van der Waals surface area contributed by atoms with Gasteiger partial charge in [-0.15, -0.1) is 0 Å². The largest absolute Gasteiger partial charge is 0.491 e. The fraction of sp³-hybridized carbons (Fsp3) is 0.250. The van der Waals surface area contributed by atoms with Gasteiger partial charge in [0.25, 0.3) is 10.0 Å². The van der Waals surface area contributed by atoms with Crippen LogP contribution >= 0.6 is 0 Å². The van der Waals surface area contributed by atoms with Crippen molar-refractivity contribution in [3.8, 4) is 17.2 Å². The van der Waals surface area contributed by atoms with Crippen molar-refractivity contribution in [1.82, 2.24) is 0 Å². The number of aryl methyl sites for hydroxylation is 2. The fourth-order valence-corrected chi connectivity index (χ4v) is 5.01. The Hall–Kier alpha value is -3.19. The van der Waals surface area contributed by atoms with Crippen molar-refractivity contribution in [2.75, 3.05) is 30.7 Å². The van der Waals surface area contributed by atoms with Crippen molar-refractivity contribution in [3.63, 3.8) is 0 Å². The summed E-state index contributed by atoms with van der Waals surface area (Å²) in [6.07, 6.45) is 0. The predicted molar refractivity (Wildman–Crippen MR) is 120 cm³/mol. The molecule has 1 heterocycles. The summed E-state index contributed by atoms with van der Waals surface area (Å²) < 4.78 is 45.7. The van der Waals surface area contributed by atoms with Crippen LogP contribution in [0.4, 0.5) is 5.69 Å². The summed E-state index contributed by atoms with van der Waals surface area (Å²) in [6, 6.07) is 19.8. The average molecular weight is 440 g/mol. The molecule has 0 saturated heterocycles. The number of para-hydroxylation sites is 2. The maximum absolute atomic E-state index is 13.7. The number of fused-ring (bicyclic) bond motifs is 1. The van der Waals surface area contributed by atoms with Crippen LogP contribution in [0.5, 0.6) is 17.2 Å². The number of ether oxygens (including phenoxy) is 3. The summed E-state index contributed by atoms with van der Waals surface area (Å²) in [4.78, 5) is 0.149. The third-order valence-corrected chi connectivity index (χ3v) is 6.94. The molecule has 3 aromatic carbocycles. The van der Waals surface area contributed by atoms with Gasteiger partial charge in [0, 0.05) is 6.07 Å². The third kappa shape index (κ3) is 4.46. The van der Waals surface area contributed by atoms with Crippen molar-refractivity contribution in [3.05, 3.63) is 77.9 Å². The Morgan fingerprint density at radius 3 is 2.29 bits per heavy atom. The fourth-order valence-electron chi connectivity index (χ4n) is 3.48. The van der Waals surface area contributed by atoms with Gasteiger partial charge in [-0.05, 0) is 49.2 Å². The summed E-state index contributed by atoms with van der Waals surface area (Å²) >= 11 is 0. The van der Waals surface area contributed by atoms with Gasteiger partial charge in [-0.25, -0.2) is 8.42 Å². The van der Waals surface area contributed by atoms with Gasteiger partial charge >= 0.3 is 0 Å². The highest BCUT2D eigenvalue weighted by atomic mass is 32.2. The molecule has 1 aliphatic rings. The quantitative estimate of drug-likeness (QED) is 0.548. The van der Waals surface area contributed by atoms with E-state index in [1.54, 1.807) is 18.2 Å². The molecule has 0 fully saturated rings. The molecule has 0 spiro atoms. The first kappa shape index (κ1) is 21.1. The number of rotatable bonds is 7. The molecule has 0 saturated carbocycles. The zero-order valence-electron chi connectivity index (χ0n) is 17.6. The molecule has 6 nitrogen and oxygen atoms in total. The summed E-state index contributed by atoms with van der Waals surface area (Å²) in [5.41, 5.74) is 2.48. The van der Waals surface area contributed by atoms with Gasteiger partial charge in [-0.1, -0.05) is 36.4 Å². The van der Waals surface area contributed by atoms with Crippen molar-refractivity contribution < 1.29 is 22.6 Å². The van der Waals surface area contributed by atoms with E-state index in [0.717, 1.165) is 16.9 Å². The number of hydrogen-bond acceptors (Lipinski definition) is 5. The average Bonchev–Trinajstić information content (AvgIpc) is 2.78. The Morgan fingerprint density at radius 2 is 1.55 bits per heavy atom. The first-order valence-electron chi connectivity index (χ1n) is 10.1. The Labute approximate surface area is 183 Å². The number of hydrogen-bond donors (Lipinski definition) is 0. The highest BCUT2D eigenvalue weighted by molar-refractivity contribution is 7.92. The van der Waals surface area contributed by atoms with Gasteiger partial charge in [-0.2, -0.15) is 0 Å². The Kier molecular flexibility index (Phi) is 6.04. The SMILES string of the molecule is Cc1ccccc1OCCN(c1ccccc1C)S(=O)(=O)c1ccc2c(c1)OCCO2. The lowest BCUT2D eigenvalue weighted by atomic mass is 10.2. The van der Waals surface area contributed by atoms with E-state index in [1.165, 1.54) is 10.4 Å². The number of anilines is 1. The van der Waals surface area contributed by atoms with Gasteiger partial charge in [0.2, 0.25) is 0 Å². The minimum Gasteiger partial charge on any atom is -0.491 e. The van der Waals surface area contributed by atoms with E-state index in [2.05, 4.69) is 0 Å². The van der Waals surface area contributed by atoms with E-state index < -0.39 is 10.0 Å². The molecule has 0 aliphatic carbocycles. The number of benzene rings is 3. The topological polar surface area (TPSA) is 65.1 Å². The number of sulfonamides is 1. The van der Waals surface area contributed by atoms with Crippen LogP contribution in [0.15, 0.2) is 71.6 Å². The summed E-state index contributed by atoms with van der Waals surface area (Å²) in [5, 5.41) is 0. The second-order valence-electron chi connectivity index (χ2n) is 7.28. The third-order valence-electron chi connectivity index (χ3n) is 5.13. The zero-order chi connectivity index (χ0) is 21.8. The molecule has 4 rings (SSSR count). The molecule has 0 bridgehead atoms. The highest BCUT2D eigenvalue weighted by Crippen LogP contribution is 2.34. The Bertz CT molecular complexity index is 1180. The van der Waals surface area contributed by atoms with Crippen LogP contribution in [-0.2, 0) is 10.0 Å². The summed E-state index contributed by atoms with van der Waals surface area (Å²) in [5.74, 6) is 1.73. The second kappa shape index (κ2) is 8.89. The molecule has 162 valence electrons. The molecule has 0 unspecified atom stereocenters. The highest BCUT2D eigenvalue weighted by Gasteiger charge is 2.28. The second-order valence-corrected chi connectivity index (χ2v) is 9.15. The van der Waals surface area contributed by atoms with Crippen LogP contribution in [0.1, 0.15) is 11.1 Å². The molecule has 31 heavy (non-hydrogen) atoms. The summed E-state index contributed by atoms with van der Waals surface area (Å²) in [6.45, 7) is 5.07. The van der Waals surface area contributed by atoms with Gasteiger partial charge in [0.05, 0.1) is 17.1 Å². The molecule has 1 aliphatic heterocycles. The van der Waals surface area contributed by atoms with E-state index in [4.69, 9.17) is 14.2 Å². The van der Waals surface area contributed by atoms with E-state index in [0.29, 0.717) is 30.4 Å². The first-order valence-corrected chi connectivity index (χ1v) is 11.6. The lowest BCUT2D eigenvalue weighted by molar-refractivity contribution is 0.171. The van der Waals surface area contributed by atoms with E-state index in [-0.39, 0.29) is 18.0 Å². The van der Waals surface area contributed by atoms with Crippen molar-refractivity contribution in [2.45, 2.75) is 18.7 Å². The molecule has 0 amide bonds. The van der Waals surface area contributed by atoms with Gasteiger partial charge in [0.15, 0.2) is 11.5 Å². The van der Waals surface area contributed by atoms with Crippen molar-refractivity contribution >= 4 is 15.7 Å². The molecular formula is C24H25NO5S. The predicted octanol–water partition coefficient (Wildman–Crippen LogP) is 4.35. The maximum Gasteiger partial charge on any atom is 0.264 e. The maximum atomic E-state index is 13.7. The van der Waals surface area contributed by atoms with Crippen molar-refractivity contribution in [1.29, 1.82) is 0 Å². The molecule has 3 aromatic rings. The summed E-state index contributed by atoms with van der Waals surface area (Å²) in [7, 11) is -3.86. The lowest BCUT2D eigenvalue weighted by Gasteiger charge is -2.27. The van der Waals surface area contributed by atoms with Crippen LogP contribution in [0, 0.1) is 13.8 Å². The van der Waals surface area contributed by atoms with Crippen LogP contribution in [-0.4, -0.2) is 34.8 Å². The molecule has 7 heteroatoms. The first-order chi connectivity index (χ1) is 15.0.